The first-order valence-electron chi connectivity index (χ1n) is 26.1. The molecule has 408 valence electrons. The highest BCUT2D eigenvalue weighted by Gasteiger charge is 2.42. The van der Waals surface area contributed by atoms with Crippen LogP contribution in [-0.4, -0.2) is 75.2 Å². The molecule has 1 aliphatic carbocycles. The molecule has 0 aromatic heterocycles. The van der Waals surface area contributed by atoms with Crippen molar-refractivity contribution in [3.63, 3.8) is 0 Å². The third-order valence-electron chi connectivity index (χ3n) is 13.9. The largest absolute Gasteiger partial charge is 0.461 e. The van der Waals surface area contributed by atoms with E-state index in [2.05, 4.69) is 55.2 Å². The summed E-state index contributed by atoms with van der Waals surface area (Å²) in [5.74, 6) is -0.390. The Balaban J connectivity index is 0.938. The molecule has 2 unspecified atom stereocenters. The van der Waals surface area contributed by atoms with E-state index < -0.39 is 41.7 Å². The number of hydrogen-bond donors (Lipinski definition) is 4. The van der Waals surface area contributed by atoms with Crippen molar-refractivity contribution in [2.24, 2.45) is 10.8 Å². The van der Waals surface area contributed by atoms with Crippen molar-refractivity contribution in [3.8, 4) is 45.3 Å². The fourth-order valence-corrected chi connectivity index (χ4v) is 11.0. The minimum Gasteiger partial charge on any atom is -0.461 e. The Bertz CT molecular complexity index is 3720. The molecule has 16 heteroatoms. The summed E-state index contributed by atoms with van der Waals surface area (Å²) in [5, 5.41) is 17.8. The Labute approximate surface area is 462 Å². The van der Waals surface area contributed by atoms with Crippen LogP contribution in [0.5, 0.6) is 23.0 Å². The molecule has 4 amide bonds. The van der Waals surface area contributed by atoms with E-state index in [1.807, 2.05) is 121 Å². The van der Waals surface area contributed by atoms with Gasteiger partial charge in [-0.1, -0.05) is 155 Å². The predicted octanol–water partition coefficient (Wildman–Crippen LogP) is 12.7. The minimum absolute atomic E-state index is 0.0108. The molecule has 80 heavy (non-hydrogen) atoms. The molecule has 4 N–H and O–H groups in total. The van der Waals surface area contributed by atoms with Gasteiger partial charge in [0.25, 0.3) is 0 Å². The molecule has 2 atom stereocenters. The van der Waals surface area contributed by atoms with Crippen molar-refractivity contribution in [3.05, 3.63) is 171 Å². The average Bonchev–Trinajstić information content (AvgIpc) is 3.47. The van der Waals surface area contributed by atoms with Crippen LogP contribution in [0.2, 0.25) is 0 Å². The number of rotatable bonds is 17. The second kappa shape index (κ2) is 24.3. The van der Waals surface area contributed by atoms with Gasteiger partial charge < -0.3 is 49.7 Å². The van der Waals surface area contributed by atoms with E-state index in [0.717, 1.165) is 55.2 Å². The van der Waals surface area contributed by atoms with E-state index in [9.17, 15) is 28.8 Å². The fourth-order valence-electron chi connectivity index (χ4n) is 11.0. The number of ether oxygens (including phenoxy) is 6. The zero-order chi connectivity index (χ0) is 56.4. The van der Waals surface area contributed by atoms with Crippen LogP contribution in [0.15, 0.2) is 171 Å². The molecule has 0 bridgehead atoms. The van der Waals surface area contributed by atoms with Crippen LogP contribution >= 0.6 is 0 Å². The van der Waals surface area contributed by atoms with Crippen LogP contribution in [0.1, 0.15) is 40.0 Å². The zero-order valence-corrected chi connectivity index (χ0v) is 44.6. The van der Waals surface area contributed by atoms with E-state index in [1.54, 1.807) is 24.3 Å². The Morgan fingerprint density at radius 2 is 0.800 bits per heavy atom. The minimum atomic E-state index is -0.785. The summed E-state index contributed by atoms with van der Waals surface area (Å²) in [6, 6.07) is 44.3. The van der Waals surface area contributed by atoms with Crippen molar-refractivity contribution in [2.45, 2.75) is 46.1 Å². The zero-order valence-electron chi connectivity index (χ0n) is 44.6. The highest BCUT2D eigenvalue weighted by molar-refractivity contribution is 6.12. The Kier molecular flexibility index (Phi) is 16.7. The summed E-state index contributed by atoms with van der Waals surface area (Å²) in [6.45, 7) is 13.1. The topological polar surface area (TPSA) is 206 Å². The first kappa shape index (κ1) is 55.1. The van der Waals surface area contributed by atoms with Crippen molar-refractivity contribution >= 4 is 79.4 Å². The standard InChI is InChI=1S/C64H60N4O12/c1-6-53(69)75-34-32-65-59(71)77-49-28-24-40-16-8-12-20-45(40)55(49)57-47-22-14-10-18-42(47)26-30-51(57)79-61(73)67-39-64(5)37-44(36-63(3,4)38-64)68-62(74)80-52-31-27-43-19-11-15-23-48(43)58(52)56-46-21-13-9-17-41(46)25-29-50(56)78-60(72)66-33-35-76-54(70)7-2/h6-31,44H,1-2,32-39H2,3-5H3,(H,65,71)(H,66,72)(H,67,73)(H,68,74). The van der Waals surface area contributed by atoms with Crippen LogP contribution in [0.4, 0.5) is 19.2 Å². The smallest absolute Gasteiger partial charge is 0.412 e. The normalized spacial score (nSPS) is 15.5. The molecule has 0 radical (unpaired) electrons. The quantitative estimate of drug-likeness (QED) is 0.0382. The lowest BCUT2D eigenvalue weighted by atomic mass is 9.62. The van der Waals surface area contributed by atoms with Gasteiger partial charge in [-0.3, -0.25) is 0 Å². The van der Waals surface area contributed by atoms with Crippen LogP contribution in [0.3, 0.4) is 0 Å². The van der Waals surface area contributed by atoms with Gasteiger partial charge in [-0.2, -0.15) is 0 Å². The van der Waals surface area contributed by atoms with Gasteiger partial charge in [0.15, 0.2) is 0 Å². The van der Waals surface area contributed by atoms with Crippen LogP contribution in [-0.2, 0) is 19.1 Å². The maximum Gasteiger partial charge on any atom is 0.412 e. The van der Waals surface area contributed by atoms with E-state index in [1.165, 1.54) is 0 Å². The highest BCUT2D eigenvalue weighted by Crippen LogP contribution is 2.49. The molecule has 8 aromatic rings. The second-order valence-corrected chi connectivity index (χ2v) is 20.5. The van der Waals surface area contributed by atoms with Gasteiger partial charge in [0.05, 0.1) is 13.1 Å². The first-order valence-corrected chi connectivity index (χ1v) is 26.1. The van der Waals surface area contributed by atoms with Gasteiger partial charge in [-0.05, 0) is 97.4 Å². The first-order chi connectivity index (χ1) is 38.6. The summed E-state index contributed by atoms with van der Waals surface area (Å²) in [4.78, 5) is 78.1. The number of esters is 2. The summed E-state index contributed by atoms with van der Waals surface area (Å²) in [6.07, 6.45) is 0.899. The maximum atomic E-state index is 14.3. The lowest BCUT2D eigenvalue weighted by Gasteiger charge is -2.46. The summed E-state index contributed by atoms with van der Waals surface area (Å²) >= 11 is 0. The number of fused-ring (bicyclic) bond motifs is 4. The Morgan fingerprint density at radius 3 is 1.16 bits per heavy atom. The molecule has 0 spiro atoms. The molecule has 0 heterocycles. The number of hydrogen-bond acceptors (Lipinski definition) is 12. The van der Waals surface area contributed by atoms with E-state index in [4.69, 9.17) is 28.4 Å². The number of carbonyl (C=O) groups is 6. The lowest BCUT2D eigenvalue weighted by molar-refractivity contribution is -0.138. The number of carbonyl (C=O) groups excluding carboxylic acids is 6. The van der Waals surface area contributed by atoms with Crippen LogP contribution < -0.4 is 40.2 Å². The number of nitrogens with one attached hydrogen (secondary N) is 4. The van der Waals surface area contributed by atoms with Gasteiger partial charge in [-0.15, -0.1) is 0 Å². The van der Waals surface area contributed by atoms with Gasteiger partial charge >= 0.3 is 36.3 Å². The predicted molar refractivity (Wildman–Crippen MR) is 307 cm³/mol. The Morgan fingerprint density at radius 1 is 0.463 bits per heavy atom. The summed E-state index contributed by atoms with van der Waals surface area (Å²) < 4.78 is 34.4. The molecular formula is C64H60N4O12. The maximum absolute atomic E-state index is 14.3. The third-order valence-corrected chi connectivity index (χ3v) is 13.9. The van der Waals surface area contributed by atoms with Gasteiger partial charge in [-0.25, -0.2) is 28.8 Å². The molecule has 1 saturated carbocycles. The van der Waals surface area contributed by atoms with Crippen molar-refractivity contribution in [2.75, 3.05) is 32.8 Å². The van der Waals surface area contributed by atoms with Gasteiger partial charge in [0.2, 0.25) is 0 Å². The molecular weight excluding hydrogens is 1020 g/mol. The third kappa shape index (κ3) is 13.0. The van der Waals surface area contributed by atoms with Crippen LogP contribution in [0, 0.1) is 10.8 Å². The summed E-state index contributed by atoms with van der Waals surface area (Å²) in [5.41, 5.74) is 1.27. The molecule has 0 aliphatic heterocycles. The highest BCUT2D eigenvalue weighted by atomic mass is 16.6. The van der Waals surface area contributed by atoms with Gasteiger partial charge in [0, 0.05) is 47.0 Å². The molecule has 1 fully saturated rings. The van der Waals surface area contributed by atoms with Crippen molar-refractivity contribution < 1.29 is 57.2 Å². The monoisotopic (exact) mass is 1080 g/mol. The fraction of sp³-hybridized carbons (Fsp3) is 0.219. The molecule has 0 saturated heterocycles. The van der Waals surface area contributed by atoms with Crippen molar-refractivity contribution in [1.29, 1.82) is 0 Å². The average molecular weight is 1080 g/mol. The molecule has 8 aromatic carbocycles. The summed E-state index contributed by atoms with van der Waals surface area (Å²) in [7, 11) is 0. The van der Waals surface area contributed by atoms with Gasteiger partial charge in [0.1, 0.15) is 36.2 Å². The van der Waals surface area contributed by atoms with Crippen molar-refractivity contribution in [1.82, 2.24) is 21.3 Å². The SMILES string of the molecule is C=CC(=O)OCCNC(=O)Oc1ccc2ccccc2c1-c1c(OC(=O)NCC2(C)CC(NC(=O)Oc3ccc4ccccc4c3-c3c(OC(=O)NCCOC(=O)C=C)ccc4ccccc34)CC(C)(C)C2)ccc2ccccc12. The second-order valence-electron chi connectivity index (χ2n) is 20.5. The Hall–Kier alpha value is -9.70. The number of benzene rings is 8. The number of amides is 4. The van der Waals surface area contributed by atoms with Crippen LogP contribution in [0.25, 0.3) is 65.3 Å². The van der Waals surface area contributed by atoms with E-state index >= 15 is 0 Å². The van der Waals surface area contributed by atoms with E-state index in [0.29, 0.717) is 41.5 Å². The molecule has 16 nitrogen and oxygen atoms in total. The van der Waals surface area contributed by atoms with E-state index in [-0.39, 0.29) is 67.3 Å². The molecule has 9 rings (SSSR count). The lowest BCUT2D eigenvalue weighted by Crippen LogP contribution is -2.51. The molecule has 1 aliphatic rings.